The van der Waals surface area contributed by atoms with Crippen LogP contribution in [0.1, 0.15) is 25.3 Å². The molecule has 4 aromatic rings. The monoisotopic (exact) mass is 582 g/mol. The van der Waals surface area contributed by atoms with Crippen LogP contribution in [0.2, 0.25) is 0 Å². The van der Waals surface area contributed by atoms with Crippen LogP contribution in [0.5, 0.6) is 0 Å². The summed E-state index contributed by atoms with van der Waals surface area (Å²) >= 11 is 0. The number of nitrogens with two attached hydrogens (primary N) is 2. The van der Waals surface area contributed by atoms with Crippen molar-refractivity contribution in [2.75, 3.05) is 24.4 Å². The third-order valence-corrected chi connectivity index (χ3v) is 6.60. The van der Waals surface area contributed by atoms with E-state index in [1.165, 1.54) is 29.9 Å². The first kappa shape index (κ1) is 28.3. The number of fused-ring (bicyclic) bond motifs is 2. The zero-order valence-electron chi connectivity index (χ0n) is 20.7. The molecule has 0 radical (unpaired) electrons. The van der Waals surface area contributed by atoms with Crippen molar-refractivity contribution in [3.63, 3.8) is 0 Å². The van der Waals surface area contributed by atoms with E-state index in [-0.39, 0.29) is 30.8 Å². The van der Waals surface area contributed by atoms with Gasteiger partial charge in [-0.3, -0.25) is 9.13 Å². The number of nitrogen functional groups attached to an aromatic ring is 2. The summed E-state index contributed by atoms with van der Waals surface area (Å²) in [6, 6.07) is 0. The Kier molecular flexibility index (Phi) is 8.57. The molecule has 9 N–H and O–H groups in total. The van der Waals surface area contributed by atoms with E-state index in [0.29, 0.717) is 28.7 Å². The Hall–Kier alpha value is -3.23. The second kappa shape index (κ2) is 12.1. The second-order valence-corrected chi connectivity index (χ2v) is 9.86. The van der Waals surface area contributed by atoms with Gasteiger partial charge in [-0.05, 0) is 0 Å². The molecule has 216 valence electrons. The van der Waals surface area contributed by atoms with Gasteiger partial charge in [-0.25, -0.2) is 29.9 Å². The Morgan fingerprint density at radius 3 is 1.93 bits per heavy atom. The fraction of sp³-hybridized carbons (Fsp3) is 0.500. The third kappa shape index (κ3) is 5.65. The summed E-state index contributed by atoms with van der Waals surface area (Å²) in [7, 11) is -2.09. The van der Waals surface area contributed by atoms with Gasteiger partial charge in [-0.15, -0.1) is 0 Å². The first-order valence-electron chi connectivity index (χ1n) is 11.8. The number of ether oxygens (including phenoxy) is 2. The molecule has 19 nitrogen and oxygen atoms in total. The lowest BCUT2D eigenvalue weighted by Crippen LogP contribution is -2.19. The van der Waals surface area contributed by atoms with Crippen molar-refractivity contribution in [1.29, 1.82) is 0 Å². The van der Waals surface area contributed by atoms with Crippen molar-refractivity contribution in [2.45, 2.75) is 49.9 Å². The van der Waals surface area contributed by atoms with Crippen LogP contribution in [0.15, 0.2) is 25.3 Å². The summed E-state index contributed by atoms with van der Waals surface area (Å²) in [5, 5.41) is 37.7. The highest BCUT2D eigenvalue weighted by Gasteiger charge is 2.38. The molecule has 4 aromatic heterocycles. The minimum atomic E-state index is -2.09. The van der Waals surface area contributed by atoms with Gasteiger partial charge in [0.05, 0.1) is 25.4 Å². The molecular weight excluding hydrogens is 555 g/mol. The van der Waals surface area contributed by atoms with E-state index in [1.54, 1.807) is 4.57 Å². The van der Waals surface area contributed by atoms with Crippen LogP contribution in [-0.4, -0.2) is 102 Å². The molecule has 0 aliphatic carbocycles. The predicted octanol–water partition coefficient (Wildman–Crippen LogP) is -1.73. The first-order chi connectivity index (χ1) is 19.3. The summed E-state index contributed by atoms with van der Waals surface area (Å²) in [5.41, 5.74) is 13.2. The summed E-state index contributed by atoms with van der Waals surface area (Å²) in [4.78, 5) is 38.0. The number of aliphatic hydroxyl groups excluding tert-OH is 4. The number of hydrogen-bond donors (Lipinski definition) is 7. The summed E-state index contributed by atoms with van der Waals surface area (Å²) in [6.45, 7) is -0.128. The lowest BCUT2D eigenvalue weighted by molar-refractivity contribution is -0.318. The number of anilines is 2. The van der Waals surface area contributed by atoms with Crippen molar-refractivity contribution in [2.24, 2.45) is 0 Å². The fourth-order valence-electron chi connectivity index (χ4n) is 4.26. The van der Waals surface area contributed by atoms with Crippen molar-refractivity contribution >= 4 is 42.3 Å². The molecule has 1 unspecified atom stereocenters. The minimum absolute atomic E-state index is 0.111. The number of imidazole rings is 2. The number of aliphatic hydroxyl groups is 4. The second-order valence-electron chi connectivity index (χ2n) is 8.72. The lowest BCUT2D eigenvalue weighted by Gasteiger charge is -2.16. The van der Waals surface area contributed by atoms with Gasteiger partial charge < -0.3 is 46.3 Å². The van der Waals surface area contributed by atoms with Crippen molar-refractivity contribution in [1.82, 2.24) is 39.0 Å². The van der Waals surface area contributed by atoms with Crippen LogP contribution >= 0.6 is 8.38 Å². The number of nitrogens with zero attached hydrogens (tertiary/aromatic N) is 8. The van der Waals surface area contributed by atoms with E-state index >= 15 is 0 Å². The van der Waals surface area contributed by atoms with Crippen LogP contribution in [0.3, 0.4) is 0 Å². The largest absolute Gasteiger partial charge is 0.394 e. The Balaban J connectivity index is 0.000000164. The molecule has 6 rings (SSSR count). The van der Waals surface area contributed by atoms with Crippen LogP contribution in [0.4, 0.5) is 11.6 Å². The Morgan fingerprint density at radius 1 is 0.850 bits per heavy atom. The molecule has 0 amide bonds. The number of rotatable bonds is 7. The molecule has 7 atom stereocenters. The Bertz CT molecular complexity index is 1440. The summed E-state index contributed by atoms with van der Waals surface area (Å²) in [6.07, 6.45) is 1.18. The highest BCUT2D eigenvalue weighted by molar-refractivity contribution is 7.45. The predicted molar refractivity (Wildman–Crippen MR) is 134 cm³/mol. The van der Waals surface area contributed by atoms with E-state index in [0.717, 1.165) is 0 Å². The molecule has 0 bridgehead atoms. The maximum absolute atomic E-state index is 10.1. The molecule has 40 heavy (non-hydrogen) atoms. The Morgan fingerprint density at radius 2 is 1.40 bits per heavy atom. The minimum Gasteiger partial charge on any atom is -0.394 e. The molecule has 20 heteroatoms. The maximum Gasteiger partial charge on any atom is 0.232 e. The van der Waals surface area contributed by atoms with Gasteiger partial charge in [0.2, 0.25) is 8.38 Å². The Labute approximate surface area is 225 Å². The summed E-state index contributed by atoms with van der Waals surface area (Å²) < 4.78 is 18.7. The van der Waals surface area contributed by atoms with E-state index < -0.39 is 45.7 Å². The van der Waals surface area contributed by atoms with Crippen LogP contribution < -0.4 is 11.5 Å². The molecule has 6 heterocycles. The molecular formula is C20H27N10O9P. The maximum atomic E-state index is 10.1. The molecule has 2 aliphatic heterocycles. The van der Waals surface area contributed by atoms with Crippen LogP contribution in [0.25, 0.3) is 22.3 Å². The highest BCUT2D eigenvalue weighted by Crippen LogP contribution is 2.36. The van der Waals surface area contributed by atoms with E-state index in [2.05, 4.69) is 34.6 Å². The first-order valence-corrected chi connectivity index (χ1v) is 13.2. The fourth-order valence-corrected chi connectivity index (χ4v) is 4.50. The topological polar surface area (TPSA) is 277 Å². The van der Waals surface area contributed by atoms with E-state index in [1.807, 2.05) is 0 Å². The lowest BCUT2D eigenvalue weighted by atomic mass is 10.2. The van der Waals surface area contributed by atoms with Gasteiger partial charge in [0.15, 0.2) is 41.7 Å². The summed E-state index contributed by atoms with van der Waals surface area (Å²) in [5.74, 6) is 0.506. The number of hydrogen-bond acceptors (Lipinski definition) is 17. The SMILES string of the molecule is Nc1ncnc2c1ncn2[C@@H]1O[C@H](CO)C[C@@H]1O.Nc1ncnc2c1ncn2[C@@H]1O[C@H](OOP(O)CO)C[C@@H]1O. The van der Waals surface area contributed by atoms with Crippen molar-refractivity contribution < 1.29 is 44.4 Å². The average molecular weight is 582 g/mol. The van der Waals surface area contributed by atoms with Gasteiger partial charge in [0.1, 0.15) is 42.2 Å². The highest BCUT2D eigenvalue weighted by atomic mass is 31.2. The van der Waals surface area contributed by atoms with Gasteiger partial charge in [-0.1, -0.05) is 0 Å². The standard InChI is InChI=1S/C10H14N5O6P.C10H13N5O3/c11-8-7-9(13-2-12-8)15(3-14-7)10-5(17)1-6(19-10)20-21-22(18)4-16;11-8-7-9(13-3-12-8)15(4-14-7)10-6(17)1-5(2-16)18-10/h2-3,5-6,10,16-18H,1,4H2,(H2,11,12,13);3-6,10,16-17H,1-2H2,(H2,11,12,13)/t5-,6+,10+,22?;5-,6-,10+/m00/s1. The van der Waals surface area contributed by atoms with Crippen LogP contribution in [-0.2, 0) is 19.0 Å². The molecule has 0 spiro atoms. The molecule has 2 saturated heterocycles. The van der Waals surface area contributed by atoms with E-state index in [9.17, 15) is 10.2 Å². The zero-order valence-corrected chi connectivity index (χ0v) is 21.5. The quantitative estimate of drug-likeness (QED) is 0.0723. The van der Waals surface area contributed by atoms with Gasteiger partial charge in [0.25, 0.3) is 0 Å². The molecule has 0 saturated carbocycles. The molecule has 2 fully saturated rings. The average Bonchev–Trinajstić information content (AvgIpc) is 3.73. The van der Waals surface area contributed by atoms with Gasteiger partial charge in [0, 0.05) is 12.8 Å². The van der Waals surface area contributed by atoms with Gasteiger partial charge in [-0.2, -0.15) is 9.56 Å². The molecule has 2 aliphatic rings. The van der Waals surface area contributed by atoms with Crippen LogP contribution in [0, 0.1) is 0 Å². The van der Waals surface area contributed by atoms with Crippen molar-refractivity contribution in [3.05, 3.63) is 25.3 Å². The van der Waals surface area contributed by atoms with Gasteiger partial charge >= 0.3 is 0 Å². The molecule has 0 aromatic carbocycles. The normalized spacial score (nSPS) is 27.2. The van der Waals surface area contributed by atoms with E-state index in [4.69, 9.17) is 40.9 Å². The zero-order chi connectivity index (χ0) is 28.4. The van der Waals surface area contributed by atoms with Crippen molar-refractivity contribution in [3.8, 4) is 0 Å². The number of aromatic nitrogens is 8. The smallest absolute Gasteiger partial charge is 0.232 e. The third-order valence-electron chi connectivity index (χ3n) is 6.10.